The largest absolute Gasteiger partial charge is 0.357 e. The van der Waals surface area contributed by atoms with Crippen LogP contribution >= 0.6 is 0 Å². The van der Waals surface area contributed by atoms with E-state index in [0.29, 0.717) is 12.0 Å². The summed E-state index contributed by atoms with van der Waals surface area (Å²) < 4.78 is 0. The Morgan fingerprint density at radius 1 is 0.960 bits per heavy atom. The molecule has 148 valence electrons. The van der Waals surface area contributed by atoms with Crippen molar-refractivity contribution in [3.8, 4) is 0 Å². The number of aliphatic imine (C=N–C) groups is 1. The minimum absolute atomic E-state index is 0.470. The maximum absolute atomic E-state index is 4.83. The second kappa shape index (κ2) is 12.5. The molecule has 25 heavy (non-hydrogen) atoms. The Balaban J connectivity index is 2.37. The summed E-state index contributed by atoms with van der Waals surface area (Å²) in [7, 11) is 0. The number of nitrogens with zero attached hydrogens (tertiary/aromatic N) is 3. The lowest BCUT2D eigenvalue weighted by Gasteiger charge is -2.35. The third-order valence-corrected chi connectivity index (χ3v) is 4.95. The predicted octanol–water partition coefficient (Wildman–Crippen LogP) is 2.64. The topological polar surface area (TPSA) is 42.9 Å². The fourth-order valence-corrected chi connectivity index (χ4v) is 3.24. The predicted molar refractivity (Wildman–Crippen MR) is 110 cm³/mol. The van der Waals surface area contributed by atoms with Gasteiger partial charge < -0.3 is 20.4 Å². The summed E-state index contributed by atoms with van der Waals surface area (Å²) in [6.45, 7) is 22.5. The SMILES string of the molecule is CCNC(=NCC(C)CN1CCN(CC)CC1)NC(C)CCC(C)C. The first-order chi connectivity index (χ1) is 11.9. The summed E-state index contributed by atoms with van der Waals surface area (Å²) in [5.41, 5.74) is 0. The molecule has 2 unspecified atom stereocenters. The maximum Gasteiger partial charge on any atom is 0.191 e. The molecule has 0 aromatic rings. The Bertz CT molecular complexity index is 361. The molecule has 2 N–H and O–H groups in total. The molecule has 1 aliphatic heterocycles. The van der Waals surface area contributed by atoms with Gasteiger partial charge in [0, 0.05) is 51.9 Å². The number of hydrogen-bond donors (Lipinski definition) is 2. The zero-order valence-electron chi connectivity index (χ0n) is 17.6. The van der Waals surface area contributed by atoms with Gasteiger partial charge in [-0.05, 0) is 45.1 Å². The molecule has 0 aliphatic carbocycles. The van der Waals surface area contributed by atoms with Crippen molar-refractivity contribution >= 4 is 5.96 Å². The lowest BCUT2D eigenvalue weighted by molar-refractivity contribution is 0.125. The van der Waals surface area contributed by atoms with E-state index in [4.69, 9.17) is 4.99 Å². The number of piperazine rings is 1. The van der Waals surface area contributed by atoms with E-state index in [1.165, 1.54) is 45.6 Å². The standard InChI is InChI=1S/C20H43N5/c1-7-21-20(23-19(6)10-9-17(3)4)22-15-18(5)16-25-13-11-24(8-2)12-14-25/h17-19H,7-16H2,1-6H3,(H2,21,22,23). The maximum atomic E-state index is 4.83. The quantitative estimate of drug-likeness (QED) is 0.468. The van der Waals surface area contributed by atoms with Crippen molar-refractivity contribution in [1.82, 2.24) is 20.4 Å². The average molecular weight is 354 g/mol. The van der Waals surface area contributed by atoms with Gasteiger partial charge in [-0.3, -0.25) is 4.99 Å². The van der Waals surface area contributed by atoms with Gasteiger partial charge in [0.15, 0.2) is 5.96 Å². The van der Waals surface area contributed by atoms with E-state index in [1.54, 1.807) is 0 Å². The van der Waals surface area contributed by atoms with E-state index < -0.39 is 0 Å². The molecule has 1 aliphatic rings. The van der Waals surface area contributed by atoms with Crippen LogP contribution in [0.25, 0.3) is 0 Å². The van der Waals surface area contributed by atoms with Gasteiger partial charge in [0.1, 0.15) is 0 Å². The first-order valence-electron chi connectivity index (χ1n) is 10.4. The van der Waals surface area contributed by atoms with Crippen LogP contribution in [0.1, 0.15) is 54.4 Å². The average Bonchev–Trinajstić information content (AvgIpc) is 2.59. The van der Waals surface area contributed by atoms with Crippen LogP contribution in [0.2, 0.25) is 0 Å². The van der Waals surface area contributed by atoms with E-state index in [9.17, 15) is 0 Å². The fourth-order valence-electron chi connectivity index (χ4n) is 3.24. The molecule has 0 saturated carbocycles. The van der Waals surface area contributed by atoms with Crippen molar-refractivity contribution in [2.45, 2.75) is 60.4 Å². The van der Waals surface area contributed by atoms with Crippen LogP contribution in [0.15, 0.2) is 4.99 Å². The molecule has 0 spiro atoms. The number of hydrogen-bond acceptors (Lipinski definition) is 3. The van der Waals surface area contributed by atoms with Gasteiger partial charge in [0.05, 0.1) is 0 Å². The minimum atomic E-state index is 0.470. The van der Waals surface area contributed by atoms with E-state index in [2.05, 4.69) is 62.0 Å². The van der Waals surface area contributed by atoms with Crippen LogP contribution in [-0.4, -0.2) is 74.2 Å². The molecule has 0 aromatic heterocycles. The summed E-state index contributed by atoms with van der Waals surface area (Å²) in [6, 6.07) is 0.470. The molecule has 0 aromatic carbocycles. The summed E-state index contributed by atoms with van der Waals surface area (Å²) in [6.07, 6.45) is 2.45. The third kappa shape index (κ3) is 10.0. The van der Waals surface area contributed by atoms with Gasteiger partial charge in [0.25, 0.3) is 0 Å². The van der Waals surface area contributed by atoms with Crippen LogP contribution in [0.4, 0.5) is 0 Å². The second-order valence-corrected chi connectivity index (χ2v) is 8.08. The second-order valence-electron chi connectivity index (χ2n) is 8.08. The normalized spacial score (nSPS) is 19.9. The third-order valence-electron chi connectivity index (χ3n) is 4.95. The molecule has 1 rings (SSSR count). The summed E-state index contributed by atoms with van der Waals surface area (Å²) >= 11 is 0. The zero-order chi connectivity index (χ0) is 18.7. The van der Waals surface area contributed by atoms with Gasteiger partial charge in [-0.2, -0.15) is 0 Å². The van der Waals surface area contributed by atoms with Crippen molar-refractivity contribution in [3.05, 3.63) is 0 Å². The minimum Gasteiger partial charge on any atom is -0.357 e. The highest BCUT2D eigenvalue weighted by Gasteiger charge is 2.17. The molecule has 1 saturated heterocycles. The molecule has 1 heterocycles. The summed E-state index contributed by atoms with van der Waals surface area (Å²) in [5, 5.41) is 6.96. The Morgan fingerprint density at radius 3 is 2.16 bits per heavy atom. The molecule has 5 nitrogen and oxygen atoms in total. The van der Waals surface area contributed by atoms with Gasteiger partial charge in [-0.15, -0.1) is 0 Å². The molecule has 5 heteroatoms. The van der Waals surface area contributed by atoms with E-state index in [-0.39, 0.29) is 0 Å². The van der Waals surface area contributed by atoms with Gasteiger partial charge >= 0.3 is 0 Å². The molecular weight excluding hydrogens is 310 g/mol. The Kier molecular flexibility index (Phi) is 11.1. The van der Waals surface area contributed by atoms with Crippen LogP contribution < -0.4 is 10.6 Å². The van der Waals surface area contributed by atoms with Crippen LogP contribution in [0, 0.1) is 11.8 Å². The fraction of sp³-hybridized carbons (Fsp3) is 0.950. The van der Waals surface area contributed by atoms with Gasteiger partial charge in [0.2, 0.25) is 0 Å². The molecule has 0 amide bonds. The highest BCUT2D eigenvalue weighted by molar-refractivity contribution is 5.80. The monoisotopic (exact) mass is 353 g/mol. The highest BCUT2D eigenvalue weighted by Crippen LogP contribution is 2.07. The van der Waals surface area contributed by atoms with E-state index in [0.717, 1.165) is 31.5 Å². The lowest BCUT2D eigenvalue weighted by Crippen LogP contribution is -2.47. The number of guanidine groups is 1. The Morgan fingerprint density at radius 2 is 1.60 bits per heavy atom. The highest BCUT2D eigenvalue weighted by atomic mass is 15.3. The van der Waals surface area contributed by atoms with Crippen molar-refractivity contribution in [2.75, 3.05) is 52.4 Å². The number of likely N-dealkylation sites (N-methyl/N-ethyl adjacent to an activating group) is 1. The van der Waals surface area contributed by atoms with Gasteiger partial charge in [-0.1, -0.05) is 27.7 Å². The first-order valence-corrected chi connectivity index (χ1v) is 10.4. The van der Waals surface area contributed by atoms with Gasteiger partial charge in [-0.25, -0.2) is 0 Å². The summed E-state index contributed by atoms with van der Waals surface area (Å²) in [5.74, 6) is 2.33. The van der Waals surface area contributed by atoms with E-state index >= 15 is 0 Å². The van der Waals surface area contributed by atoms with Crippen molar-refractivity contribution < 1.29 is 0 Å². The molecule has 0 radical (unpaired) electrons. The van der Waals surface area contributed by atoms with Crippen LogP contribution in [0.5, 0.6) is 0 Å². The molecular formula is C20H43N5. The van der Waals surface area contributed by atoms with E-state index in [1.807, 2.05) is 0 Å². The molecule has 0 bridgehead atoms. The summed E-state index contributed by atoms with van der Waals surface area (Å²) in [4.78, 5) is 9.96. The smallest absolute Gasteiger partial charge is 0.191 e. The zero-order valence-corrected chi connectivity index (χ0v) is 17.6. The van der Waals surface area contributed by atoms with Crippen LogP contribution in [0.3, 0.4) is 0 Å². The number of rotatable bonds is 10. The van der Waals surface area contributed by atoms with Crippen molar-refractivity contribution in [1.29, 1.82) is 0 Å². The molecule has 2 atom stereocenters. The Labute approximate surface area is 156 Å². The van der Waals surface area contributed by atoms with Crippen molar-refractivity contribution in [2.24, 2.45) is 16.8 Å². The number of nitrogens with one attached hydrogen (secondary N) is 2. The lowest BCUT2D eigenvalue weighted by atomic mass is 10.0. The Hall–Kier alpha value is -0.810. The van der Waals surface area contributed by atoms with Crippen molar-refractivity contribution in [3.63, 3.8) is 0 Å². The molecule has 1 fully saturated rings. The van der Waals surface area contributed by atoms with Crippen LogP contribution in [-0.2, 0) is 0 Å². The first kappa shape index (κ1) is 22.2.